The molecule has 0 aromatic heterocycles. The average Bonchev–Trinajstić information content (AvgIpc) is 3.13. The van der Waals surface area contributed by atoms with E-state index < -0.39 is 17.7 Å². The molecule has 1 amide bonds. The van der Waals surface area contributed by atoms with Crippen molar-refractivity contribution in [2.24, 2.45) is 0 Å². The van der Waals surface area contributed by atoms with Gasteiger partial charge in [0.05, 0.1) is 24.3 Å². The van der Waals surface area contributed by atoms with Gasteiger partial charge in [-0.15, -0.1) is 0 Å². The lowest BCUT2D eigenvalue weighted by Gasteiger charge is -2.28. The minimum atomic E-state index is -0.688. The first-order valence-corrected chi connectivity index (χ1v) is 12.8. The van der Waals surface area contributed by atoms with E-state index in [1.54, 1.807) is 29.2 Å². The number of aliphatic hydroxyl groups excluding tert-OH is 1. The summed E-state index contributed by atoms with van der Waals surface area (Å²) >= 11 is 0. The van der Waals surface area contributed by atoms with E-state index in [1.165, 1.54) is 0 Å². The quantitative estimate of drug-likeness (QED) is 0.253. The van der Waals surface area contributed by atoms with Gasteiger partial charge in [0.25, 0.3) is 11.7 Å². The van der Waals surface area contributed by atoms with Crippen LogP contribution in [0.3, 0.4) is 0 Å². The number of hydrogen-bond acceptors (Lipinski definition) is 6. The summed E-state index contributed by atoms with van der Waals surface area (Å²) < 4.78 is 11.4. The van der Waals surface area contributed by atoms with Gasteiger partial charge in [-0.3, -0.25) is 9.59 Å². The number of hydrogen-bond donors (Lipinski definition) is 1. The van der Waals surface area contributed by atoms with Crippen molar-refractivity contribution < 1.29 is 24.2 Å². The molecule has 1 saturated heterocycles. The van der Waals surface area contributed by atoms with Crippen LogP contribution in [0.5, 0.6) is 11.5 Å². The number of likely N-dealkylation sites (tertiary alicyclic amines) is 1. The Hall–Kier alpha value is -3.32. The molecule has 1 atom stereocenters. The van der Waals surface area contributed by atoms with E-state index in [2.05, 4.69) is 18.7 Å². The summed E-state index contributed by atoms with van der Waals surface area (Å²) in [5.41, 5.74) is 1.30. The molecule has 0 spiro atoms. The minimum absolute atomic E-state index is 0.0184. The third-order valence-electron chi connectivity index (χ3n) is 6.26. The van der Waals surface area contributed by atoms with E-state index in [9.17, 15) is 14.7 Å². The SMILES string of the molecule is CCCOc1ccc([C@@H]2C(=C(O)c3ccc(OC(C)C)cc3)C(=O)C(=O)N2CCN(CC)CC)cc1. The molecule has 1 aliphatic rings. The zero-order chi connectivity index (χ0) is 26.2. The molecule has 0 aliphatic carbocycles. The Morgan fingerprint density at radius 3 is 2.14 bits per heavy atom. The van der Waals surface area contributed by atoms with Crippen LogP contribution in [0.25, 0.3) is 5.76 Å². The third-order valence-corrected chi connectivity index (χ3v) is 6.26. The fraction of sp³-hybridized carbons (Fsp3) is 0.448. The van der Waals surface area contributed by atoms with Gasteiger partial charge in [-0.2, -0.15) is 0 Å². The summed E-state index contributed by atoms with van der Waals surface area (Å²) in [6.45, 7) is 13.4. The number of rotatable bonds is 12. The monoisotopic (exact) mass is 494 g/mol. The zero-order valence-electron chi connectivity index (χ0n) is 22.0. The van der Waals surface area contributed by atoms with E-state index in [0.29, 0.717) is 31.0 Å². The van der Waals surface area contributed by atoms with Crippen LogP contribution in [-0.4, -0.2) is 65.5 Å². The fourth-order valence-electron chi connectivity index (χ4n) is 4.33. The molecule has 1 fully saturated rings. The van der Waals surface area contributed by atoms with Gasteiger partial charge in [-0.25, -0.2) is 0 Å². The smallest absolute Gasteiger partial charge is 0.295 e. The number of ether oxygens (including phenoxy) is 2. The number of amides is 1. The number of aliphatic hydroxyl groups is 1. The van der Waals surface area contributed by atoms with Crippen molar-refractivity contribution in [3.63, 3.8) is 0 Å². The molecule has 7 nitrogen and oxygen atoms in total. The van der Waals surface area contributed by atoms with E-state index in [4.69, 9.17) is 9.47 Å². The van der Waals surface area contributed by atoms with E-state index in [-0.39, 0.29) is 17.4 Å². The Morgan fingerprint density at radius 2 is 1.58 bits per heavy atom. The highest BCUT2D eigenvalue weighted by Crippen LogP contribution is 2.40. The number of carbonyl (C=O) groups is 2. The lowest BCUT2D eigenvalue weighted by atomic mass is 9.95. The van der Waals surface area contributed by atoms with Crippen molar-refractivity contribution in [3.05, 3.63) is 65.2 Å². The van der Waals surface area contributed by atoms with Crippen LogP contribution in [0, 0.1) is 0 Å². The molecule has 0 bridgehead atoms. The van der Waals surface area contributed by atoms with Gasteiger partial charge in [0.15, 0.2) is 0 Å². The minimum Gasteiger partial charge on any atom is -0.507 e. The Morgan fingerprint density at radius 1 is 0.972 bits per heavy atom. The lowest BCUT2D eigenvalue weighted by molar-refractivity contribution is -0.140. The number of Topliss-reactive ketones (excluding diaryl/α,β-unsaturated/α-hetero) is 1. The Labute approximate surface area is 214 Å². The summed E-state index contributed by atoms with van der Waals surface area (Å²) in [4.78, 5) is 30.2. The Bertz CT molecular complexity index is 1060. The Balaban J connectivity index is 2.02. The van der Waals surface area contributed by atoms with E-state index in [1.807, 2.05) is 45.0 Å². The first-order chi connectivity index (χ1) is 17.3. The van der Waals surface area contributed by atoms with Gasteiger partial charge in [0.1, 0.15) is 17.3 Å². The maximum Gasteiger partial charge on any atom is 0.295 e. The Kier molecular flexibility index (Phi) is 9.53. The predicted octanol–water partition coefficient (Wildman–Crippen LogP) is 5.03. The summed E-state index contributed by atoms with van der Waals surface area (Å²) in [5.74, 6) is -0.0707. The lowest BCUT2D eigenvalue weighted by Crippen LogP contribution is -2.38. The molecule has 0 unspecified atom stereocenters. The number of benzene rings is 2. The van der Waals surface area contributed by atoms with Crippen molar-refractivity contribution in [1.82, 2.24) is 9.80 Å². The number of likely N-dealkylation sites (N-methyl/N-ethyl adjacent to an activating group) is 1. The molecule has 1 N–H and O–H groups in total. The molecule has 2 aromatic carbocycles. The summed E-state index contributed by atoms with van der Waals surface area (Å²) in [7, 11) is 0. The van der Waals surface area contributed by atoms with Crippen LogP contribution in [-0.2, 0) is 9.59 Å². The zero-order valence-corrected chi connectivity index (χ0v) is 22.0. The molecule has 1 heterocycles. The average molecular weight is 495 g/mol. The molecular weight excluding hydrogens is 456 g/mol. The standard InChI is InChI=1S/C29H38N2O5/c1-6-19-35-23-13-9-21(10-14-23)26-25(27(32)22-11-15-24(16-12-22)36-20(4)5)28(33)29(34)31(26)18-17-30(7-2)8-3/h9-16,20,26,32H,6-8,17-19H2,1-5H3/t26-/m1/s1. The summed E-state index contributed by atoms with van der Waals surface area (Å²) in [6.07, 6.45) is 0.915. The second-order valence-electron chi connectivity index (χ2n) is 9.13. The first-order valence-electron chi connectivity index (χ1n) is 12.8. The van der Waals surface area contributed by atoms with Crippen LogP contribution in [0.1, 0.15) is 58.2 Å². The van der Waals surface area contributed by atoms with Gasteiger partial charge in [0.2, 0.25) is 0 Å². The topological polar surface area (TPSA) is 79.3 Å². The van der Waals surface area contributed by atoms with Crippen molar-refractivity contribution in [1.29, 1.82) is 0 Å². The predicted molar refractivity (Wildman–Crippen MR) is 141 cm³/mol. The van der Waals surface area contributed by atoms with Crippen molar-refractivity contribution in [2.45, 2.75) is 53.2 Å². The van der Waals surface area contributed by atoms with Crippen molar-refractivity contribution in [2.75, 3.05) is 32.8 Å². The molecule has 0 radical (unpaired) electrons. The van der Waals surface area contributed by atoms with Crippen molar-refractivity contribution in [3.8, 4) is 11.5 Å². The normalized spacial score (nSPS) is 17.3. The second-order valence-corrected chi connectivity index (χ2v) is 9.13. The molecule has 7 heteroatoms. The van der Waals surface area contributed by atoms with Crippen LogP contribution in [0.4, 0.5) is 0 Å². The maximum atomic E-state index is 13.2. The van der Waals surface area contributed by atoms with Crippen molar-refractivity contribution >= 4 is 17.4 Å². The third kappa shape index (κ3) is 6.26. The second kappa shape index (κ2) is 12.6. The molecule has 0 saturated carbocycles. The van der Waals surface area contributed by atoms with Gasteiger partial charge < -0.3 is 24.4 Å². The molecule has 3 rings (SSSR count). The molecule has 1 aliphatic heterocycles. The molecule has 36 heavy (non-hydrogen) atoms. The van der Waals surface area contributed by atoms with Gasteiger partial charge in [-0.05, 0) is 75.3 Å². The molecular formula is C29H38N2O5. The number of nitrogens with zero attached hydrogens (tertiary/aromatic N) is 2. The highest BCUT2D eigenvalue weighted by Gasteiger charge is 2.46. The van der Waals surface area contributed by atoms with Gasteiger partial charge >= 0.3 is 0 Å². The summed E-state index contributed by atoms with van der Waals surface area (Å²) in [6, 6.07) is 13.6. The maximum absolute atomic E-state index is 13.2. The number of ketones is 1. The van der Waals surface area contributed by atoms with E-state index >= 15 is 0 Å². The largest absolute Gasteiger partial charge is 0.507 e. The van der Waals surface area contributed by atoms with Gasteiger partial charge in [0, 0.05) is 18.7 Å². The highest BCUT2D eigenvalue weighted by atomic mass is 16.5. The van der Waals surface area contributed by atoms with Crippen LogP contribution in [0.15, 0.2) is 54.1 Å². The first kappa shape index (κ1) is 27.3. The molecule has 2 aromatic rings. The van der Waals surface area contributed by atoms with Crippen LogP contribution in [0.2, 0.25) is 0 Å². The number of carbonyl (C=O) groups excluding carboxylic acids is 2. The fourth-order valence-corrected chi connectivity index (χ4v) is 4.33. The van der Waals surface area contributed by atoms with Crippen LogP contribution >= 0.6 is 0 Å². The van der Waals surface area contributed by atoms with E-state index in [0.717, 1.165) is 30.8 Å². The highest BCUT2D eigenvalue weighted by molar-refractivity contribution is 6.46. The van der Waals surface area contributed by atoms with Gasteiger partial charge in [-0.1, -0.05) is 32.9 Å². The molecule has 194 valence electrons. The summed E-state index contributed by atoms with van der Waals surface area (Å²) in [5, 5.41) is 11.3. The van der Waals surface area contributed by atoms with Crippen LogP contribution < -0.4 is 9.47 Å².